The summed E-state index contributed by atoms with van der Waals surface area (Å²) in [5.74, 6) is -0.269. The summed E-state index contributed by atoms with van der Waals surface area (Å²) in [6.07, 6.45) is 0.799. The number of halogens is 1. The van der Waals surface area contributed by atoms with E-state index in [0.717, 1.165) is 43.9 Å². The number of anilines is 1. The second kappa shape index (κ2) is 7.77. The molecule has 2 atom stereocenters. The van der Waals surface area contributed by atoms with E-state index in [4.69, 9.17) is 0 Å². The Labute approximate surface area is 138 Å². The molecule has 2 rings (SSSR count). The molecule has 1 aliphatic rings. The number of rotatable bonds is 5. The number of nitrogens with zero attached hydrogens (tertiary/aromatic N) is 2. The molecule has 0 aromatic heterocycles. The van der Waals surface area contributed by atoms with Gasteiger partial charge in [0, 0.05) is 43.3 Å². The van der Waals surface area contributed by atoms with Crippen LogP contribution in [0.5, 0.6) is 0 Å². The quantitative estimate of drug-likeness (QED) is 0.906. The van der Waals surface area contributed by atoms with Crippen molar-refractivity contribution >= 4 is 11.6 Å². The minimum absolute atomic E-state index is 0.0218. The lowest BCUT2D eigenvalue weighted by molar-refractivity contribution is -0.125. The van der Waals surface area contributed by atoms with E-state index in [1.165, 1.54) is 6.07 Å². The fourth-order valence-corrected chi connectivity index (χ4v) is 2.83. The molecule has 1 amide bonds. The van der Waals surface area contributed by atoms with Gasteiger partial charge in [-0.25, -0.2) is 4.39 Å². The molecular formula is C18H28FN3O. The molecule has 1 aromatic carbocycles. The third-order valence-corrected chi connectivity index (χ3v) is 4.72. The number of carbonyl (C=O) groups excluding carboxylic acids is 1. The van der Waals surface area contributed by atoms with E-state index in [9.17, 15) is 9.18 Å². The Balaban J connectivity index is 2.19. The lowest BCUT2D eigenvalue weighted by atomic mass is 10.0. The largest absolute Gasteiger partial charge is 0.369 e. The monoisotopic (exact) mass is 321 g/mol. The van der Waals surface area contributed by atoms with Crippen LogP contribution in [-0.4, -0.2) is 44.0 Å². The SMILES string of the molecule is CCC(C)C(=O)NC(C)c1cc(F)ccc1N1CCN(C)CC1. The van der Waals surface area contributed by atoms with Crippen LogP contribution in [0.1, 0.15) is 38.8 Å². The van der Waals surface area contributed by atoms with Crippen molar-refractivity contribution in [1.29, 1.82) is 0 Å². The molecule has 0 saturated carbocycles. The zero-order valence-corrected chi connectivity index (χ0v) is 14.6. The van der Waals surface area contributed by atoms with Crippen LogP contribution in [0.3, 0.4) is 0 Å². The molecule has 23 heavy (non-hydrogen) atoms. The Bertz CT molecular complexity index is 541. The topological polar surface area (TPSA) is 35.6 Å². The van der Waals surface area contributed by atoms with Crippen molar-refractivity contribution in [1.82, 2.24) is 10.2 Å². The number of amides is 1. The number of likely N-dealkylation sites (N-methyl/N-ethyl adjacent to an activating group) is 1. The van der Waals surface area contributed by atoms with Crippen molar-refractivity contribution in [3.8, 4) is 0 Å². The van der Waals surface area contributed by atoms with Crippen LogP contribution in [0.4, 0.5) is 10.1 Å². The first-order valence-corrected chi connectivity index (χ1v) is 8.45. The van der Waals surface area contributed by atoms with E-state index >= 15 is 0 Å². The summed E-state index contributed by atoms with van der Waals surface area (Å²) in [6, 6.07) is 4.68. The summed E-state index contributed by atoms with van der Waals surface area (Å²) >= 11 is 0. The van der Waals surface area contributed by atoms with Gasteiger partial charge in [-0.2, -0.15) is 0 Å². The van der Waals surface area contributed by atoms with Crippen LogP contribution in [-0.2, 0) is 4.79 Å². The van der Waals surface area contributed by atoms with Crippen molar-refractivity contribution in [3.63, 3.8) is 0 Å². The van der Waals surface area contributed by atoms with E-state index in [1.807, 2.05) is 26.8 Å². The molecular weight excluding hydrogens is 293 g/mol. The molecule has 1 saturated heterocycles. The highest BCUT2D eigenvalue weighted by Crippen LogP contribution is 2.28. The van der Waals surface area contributed by atoms with Crippen LogP contribution in [0.2, 0.25) is 0 Å². The first-order valence-electron chi connectivity index (χ1n) is 8.45. The van der Waals surface area contributed by atoms with E-state index in [2.05, 4.69) is 22.2 Å². The zero-order valence-electron chi connectivity index (χ0n) is 14.6. The maximum atomic E-state index is 13.8. The summed E-state index contributed by atoms with van der Waals surface area (Å²) < 4.78 is 13.8. The smallest absolute Gasteiger partial charge is 0.223 e. The molecule has 4 nitrogen and oxygen atoms in total. The number of nitrogens with one attached hydrogen (secondary N) is 1. The highest BCUT2D eigenvalue weighted by atomic mass is 19.1. The number of benzene rings is 1. The Morgan fingerprint density at radius 1 is 1.26 bits per heavy atom. The lowest BCUT2D eigenvalue weighted by Crippen LogP contribution is -2.45. The number of hydrogen-bond acceptors (Lipinski definition) is 3. The van der Waals surface area contributed by atoms with Crippen LogP contribution in [0.15, 0.2) is 18.2 Å². The molecule has 128 valence electrons. The molecule has 0 bridgehead atoms. The predicted octanol–water partition coefficient (Wildman–Crippen LogP) is 2.80. The molecule has 1 N–H and O–H groups in total. The van der Waals surface area contributed by atoms with E-state index in [0.29, 0.717) is 0 Å². The highest BCUT2D eigenvalue weighted by Gasteiger charge is 2.22. The van der Waals surface area contributed by atoms with Crippen LogP contribution in [0.25, 0.3) is 0 Å². The van der Waals surface area contributed by atoms with Gasteiger partial charge < -0.3 is 15.1 Å². The van der Waals surface area contributed by atoms with Crippen molar-refractivity contribution in [3.05, 3.63) is 29.6 Å². The fraction of sp³-hybridized carbons (Fsp3) is 0.611. The molecule has 1 fully saturated rings. The van der Waals surface area contributed by atoms with Crippen LogP contribution in [0, 0.1) is 11.7 Å². The van der Waals surface area contributed by atoms with Crippen LogP contribution >= 0.6 is 0 Å². The van der Waals surface area contributed by atoms with E-state index < -0.39 is 0 Å². The van der Waals surface area contributed by atoms with Gasteiger partial charge in [-0.1, -0.05) is 13.8 Å². The minimum atomic E-state index is -0.262. The van der Waals surface area contributed by atoms with Crippen molar-refractivity contribution < 1.29 is 9.18 Å². The standard InChI is InChI=1S/C18H28FN3O/c1-5-13(2)18(23)20-14(3)16-12-15(19)6-7-17(16)22-10-8-21(4)9-11-22/h6-7,12-14H,5,8-11H2,1-4H3,(H,20,23). The van der Waals surface area contributed by atoms with Crippen molar-refractivity contribution in [2.75, 3.05) is 38.1 Å². The average Bonchev–Trinajstić information content (AvgIpc) is 2.54. The van der Waals surface area contributed by atoms with Crippen molar-refractivity contribution in [2.24, 2.45) is 5.92 Å². The molecule has 0 aliphatic carbocycles. The molecule has 2 unspecified atom stereocenters. The molecule has 5 heteroatoms. The second-order valence-corrected chi connectivity index (χ2v) is 6.53. The molecule has 0 radical (unpaired) electrons. The normalized spacial score (nSPS) is 18.6. The van der Waals surface area contributed by atoms with Gasteiger partial charge in [0.1, 0.15) is 5.82 Å². The summed E-state index contributed by atoms with van der Waals surface area (Å²) in [4.78, 5) is 16.7. The van der Waals surface area contributed by atoms with Gasteiger partial charge in [0.05, 0.1) is 6.04 Å². The first-order chi connectivity index (χ1) is 10.9. The van der Waals surface area contributed by atoms with E-state index in [1.54, 1.807) is 6.07 Å². The van der Waals surface area contributed by atoms with E-state index in [-0.39, 0.29) is 23.7 Å². The molecule has 1 aliphatic heterocycles. The Hall–Kier alpha value is -1.62. The van der Waals surface area contributed by atoms with Gasteiger partial charge >= 0.3 is 0 Å². The Kier molecular flexibility index (Phi) is 5.99. The molecule has 1 heterocycles. The summed E-state index contributed by atoms with van der Waals surface area (Å²) in [5.41, 5.74) is 1.88. The Morgan fingerprint density at radius 3 is 2.52 bits per heavy atom. The fourth-order valence-electron chi connectivity index (χ4n) is 2.83. The number of piperazine rings is 1. The first kappa shape index (κ1) is 17.7. The van der Waals surface area contributed by atoms with Gasteiger partial charge in [0.15, 0.2) is 0 Å². The van der Waals surface area contributed by atoms with Crippen LogP contribution < -0.4 is 10.2 Å². The zero-order chi connectivity index (χ0) is 17.0. The van der Waals surface area contributed by atoms with Gasteiger partial charge in [0.25, 0.3) is 0 Å². The summed E-state index contributed by atoms with van der Waals surface area (Å²) in [5, 5.41) is 3.02. The maximum absolute atomic E-state index is 13.8. The number of hydrogen-bond donors (Lipinski definition) is 1. The molecule has 0 spiro atoms. The van der Waals surface area contributed by atoms with Gasteiger partial charge in [-0.15, -0.1) is 0 Å². The highest BCUT2D eigenvalue weighted by molar-refractivity contribution is 5.79. The maximum Gasteiger partial charge on any atom is 0.223 e. The molecule has 1 aromatic rings. The summed E-state index contributed by atoms with van der Waals surface area (Å²) in [7, 11) is 2.11. The third kappa shape index (κ3) is 4.44. The van der Waals surface area contributed by atoms with Gasteiger partial charge in [-0.05, 0) is 38.6 Å². The predicted molar refractivity (Wildman–Crippen MR) is 92.1 cm³/mol. The van der Waals surface area contributed by atoms with Crippen molar-refractivity contribution in [2.45, 2.75) is 33.2 Å². The summed E-state index contributed by atoms with van der Waals surface area (Å²) in [6.45, 7) is 9.65. The Morgan fingerprint density at radius 2 is 1.91 bits per heavy atom. The third-order valence-electron chi connectivity index (χ3n) is 4.72. The minimum Gasteiger partial charge on any atom is -0.369 e. The van der Waals surface area contributed by atoms with Gasteiger partial charge in [-0.3, -0.25) is 4.79 Å². The average molecular weight is 321 g/mol. The number of carbonyl (C=O) groups is 1. The second-order valence-electron chi connectivity index (χ2n) is 6.53. The van der Waals surface area contributed by atoms with Gasteiger partial charge in [0.2, 0.25) is 5.91 Å². The lowest BCUT2D eigenvalue weighted by Gasteiger charge is -2.36.